The molecule has 1 fully saturated rings. The van der Waals surface area contributed by atoms with Crippen molar-refractivity contribution in [1.82, 2.24) is 9.80 Å². The zero-order valence-electron chi connectivity index (χ0n) is 17.9. The van der Waals surface area contributed by atoms with Crippen LogP contribution in [-0.4, -0.2) is 57.7 Å². The summed E-state index contributed by atoms with van der Waals surface area (Å²) < 4.78 is 1.05. The van der Waals surface area contributed by atoms with Crippen LogP contribution in [0, 0.1) is 5.92 Å². The second-order valence-corrected chi connectivity index (χ2v) is 10.0. The molecule has 1 aromatic heterocycles. The Kier molecular flexibility index (Phi) is 5.37. The summed E-state index contributed by atoms with van der Waals surface area (Å²) in [5.41, 5.74) is 0.813. The van der Waals surface area contributed by atoms with Gasteiger partial charge in [0.2, 0.25) is 0 Å². The number of carboxylic acid groups (broad SMARTS) is 1. The van der Waals surface area contributed by atoms with Crippen molar-refractivity contribution in [3.63, 3.8) is 0 Å². The third-order valence-electron chi connectivity index (χ3n) is 6.59. The van der Waals surface area contributed by atoms with Crippen molar-refractivity contribution in [2.75, 3.05) is 13.6 Å². The van der Waals surface area contributed by atoms with E-state index in [9.17, 15) is 24.3 Å². The predicted molar refractivity (Wildman–Crippen MR) is 117 cm³/mol. The highest BCUT2D eigenvalue weighted by atomic mass is 32.1. The second-order valence-electron chi connectivity index (χ2n) is 8.90. The summed E-state index contributed by atoms with van der Waals surface area (Å²) in [5, 5.41) is 10.9. The van der Waals surface area contributed by atoms with Crippen LogP contribution in [0.3, 0.4) is 0 Å². The maximum absolute atomic E-state index is 12.9. The number of imide groups is 1. The number of likely N-dealkylation sites (N-methyl/N-ethyl adjacent to an activating group) is 1. The quantitative estimate of drug-likeness (QED) is 0.543. The molecule has 1 aliphatic heterocycles. The fourth-order valence-corrected chi connectivity index (χ4v) is 5.71. The fraction of sp³-hybridized carbons (Fsp3) is 0.478. The van der Waals surface area contributed by atoms with Crippen LogP contribution in [0.4, 0.5) is 4.79 Å². The third-order valence-corrected chi connectivity index (χ3v) is 7.84. The molecule has 1 atom stereocenters. The van der Waals surface area contributed by atoms with Gasteiger partial charge in [-0.3, -0.25) is 19.3 Å². The molecule has 4 rings (SSSR count). The molecule has 0 unspecified atom stereocenters. The lowest BCUT2D eigenvalue weighted by atomic mass is 9.94. The standard InChI is InChI=1S/C23H26N2O5S/c1-23(2)21(29)25(22(30)24(23)3)12-14(20(27)28)10-17(26)13-8-9-16-15-6-4-5-7-18(15)31-19(16)11-13/h8-9,11,14H,4-7,10,12H2,1-3H3,(H,27,28)/t14-/m0/s1. The number of ketones is 1. The molecule has 0 bridgehead atoms. The largest absolute Gasteiger partial charge is 0.481 e. The van der Waals surface area contributed by atoms with Gasteiger partial charge in [0.25, 0.3) is 5.91 Å². The molecular weight excluding hydrogens is 416 g/mol. The van der Waals surface area contributed by atoms with Crippen LogP contribution in [0.25, 0.3) is 10.1 Å². The Morgan fingerprint density at radius 1 is 1.19 bits per heavy atom. The Morgan fingerprint density at radius 2 is 1.90 bits per heavy atom. The number of fused-ring (bicyclic) bond motifs is 3. The minimum atomic E-state index is -1.20. The first-order valence-corrected chi connectivity index (χ1v) is 11.3. The highest BCUT2D eigenvalue weighted by Crippen LogP contribution is 2.37. The van der Waals surface area contributed by atoms with Crippen LogP contribution >= 0.6 is 11.3 Å². The van der Waals surface area contributed by atoms with Gasteiger partial charge in [-0.05, 0) is 56.5 Å². The molecule has 8 heteroatoms. The molecule has 2 aromatic rings. The van der Waals surface area contributed by atoms with Crippen molar-refractivity contribution in [2.24, 2.45) is 5.92 Å². The summed E-state index contributed by atoms with van der Waals surface area (Å²) in [6.07, 6.45) is 4.23. The Bertz CT molecular complexity index is 1100. The van der Waals surface area contributed by atoms with Gasteiger partial charge in [-0.1, -0.05) is 12.1 Å². The van der Waals surface area contributed by atoms with E-state index in [0.29, 0.717) is 5.56 Å². The van der Waals surface area contributed by atoms with Gasteiger partial charge in [-0.15, -0.1) is 11.3 Å². The van der Waals surface area contributed by atoms with Gasteiger partial charge in [-0.2, -0.15) is 0 Å². The molecule has 2 aliphatic rings. The van der Waals surface area contributed by atoms with Crippen molar-refractivity contribution in [3.8, 4) is 0 Å². The predicted octanol–water partition coefficient (Wildman–Crippen LogP) is 3.73. The van der Waals surface area contributed by atoms with Gasteiger partial charge < -0.3 is 10.0 Å². The second kappa shape index (κ2) is 7.75. The molecule has 0 radical (unpaired) electrons. The zero-order chi connectivity index (χ0) is 22.5. The van der Waals surface area contributed by atoms with Crippen LogP contribution < -0.4 is 0 Å². The van der Waals surface area contributed by atoms with Gasteiger partial charge in [0.05, 0.1) is 5.92 Å². The van der Waals surface area contributed by atoms with E-state index >= 15 is 0 Å². The van der Waals surface area contributed by atoms with Crippen molar-refractivity contribution >= 4 is 45.1 Å². The number of carbonyl (C=O) groups is 4. The fourth-order valence-electron chi connectivity index (χ4n) is 4.37. The summed E-state index contributed by atoms with van der Waals surface area (Å²) in [6, 6.07) is 5.03. The Morgan fingerprint density at radius 3 is 2.55 bits per heavy atom. The first-order valence-electron chi connectivity index (χ1n) is 10.5. The molecule has 0 saturated carbocycles. The number of hydrogen-bond donors (Lipinski definition) is 1. The number of carboxylic acids is 1. The molecule has 7 nitrogen and oxygen atoms in total. The number of aliphatic carboxylic acids is 1. The monoisotopic (exact) mass is 442 g/mol. The minimum absolute atomic E-state index is 0.271. The molecule has 31 heavy (non-hydrogen) atoms. The number of Topliss-reactive ketones (excluding diaryl/α,β-unsaturated/α-hetero) is 1. The maximum Gasteiger partial charge on any atom is 0.327 e. The van der Waals surface area contributed by atoms with E-state index in [1.54, 1.807) is 31.3 Å². The van der Waals surface area contributed by atoms with E-state index in [-0.39, 0.29) is 18.7 Å². The molecule has 164 valence electrons. The number of benzene rings is 1. The maximum atomic E-state index is 12.9. The summed E-state index contributed by atoms with van der Waals surface area (Å²) in [7, 11) is 1.51. The minimum Gasteiger partial charge on any atom is -0.481 e. The van der Waals surface area contributed by atoms with Crippen LogP contribution in [0.2, 0.25) is 0 Å². The van der Waals surface area contributed by atoms with Gasteiger partial charge in [-0.25, -0.2) is 4.79 Å². The number of hydrogen-bond acceptors (Lipinski definition) is 5. The van der Waals surface area contributed by atoms with Gasteiger partial charge in [0.1, 0.15) is 5.54 Å². The number of urea groups is 1. The first-order chi connectivity index (χ1) is 14.6. The number of rotatable bonds is 6. The Balaban J connectivity index is 1.53. The summed E-state index contributed by atoms with van der Waals surface area (Å²) in [5.74, 6) is -3.11. The number of nitrogens with zero attached hydrogens (tertiary/aromatic N) is 2. The van der Waals surface area contributed by atoms with E-state index in [1.165, 1.54) is 40.6 Å². The van der Waals surface area contributed by atoms with Crippen LogP contribution in [0.5, 0.6) is 0 Å². The van der Waals surface area contributed by atoms with Gasteiger partial charge in [0, 0.05) is 35.2 Å². The molecule has 1 aromatic carbocycles. The van der Waals surface area contributed by atoms with Crippen molar-refractivity contribution < 1.29 is 24.3 Å². The SMILES string of the molecule is CN1C(=O)N(C[C@H](CC(=O)c2ccc3c4c(sc3c2)CCCC4)C(=O)O)C(=O)C1(C)C. The summed E-state index contributed by atoms with van der Waals surface area (Å²) in [6.45, 7) is 2.91. The third kappa shape index (κ3) is 3.63. The average molecular weight is 443 g/mol. The molecular formula is C23H26N2O5S. The number of thiophene rings is 1. The molecule has 3 amide bonds. The van der Waals surface area contributed by atoms with Gasteiger partial charge >= 0.3 is 12.0 Å². The number of amides is 3. The van der Waals surface area contributed by atoms with E-state index < -0.39 is 29.4 Å². The van der Waals surface area contributed by atoms with Crippen LogP contribution in [0.1, 0.15) is 53.9 Å². The highest BCUT2D eigenvalue weighted by molar-refractivity contribution is 7.19. The average Bonchev–Trinajstić information content (AvgIpc) is 3.17. The van der Waals surface area contributed by atoms with Crippen LogP contribution in [-0.2, 0) is 22.4 Å². The molecule has 1 N–H and O–H groups in total. The van der Waals surface area contributed by atoms with Crippen molar-refractivity contribution in [1.29, 1.82) is 0 Å². The molecule has 0 spiro atoms. The van der Waals surface area contributed by atoms with E-state index in [2.05, 4.69) is 0 Å². The molecule has 2 heterocycles. The summed E-state index contributed by atoms with van der Waals surface area (Å²) in [4.78, 5) is 53.4. The smallest absolute Gasteiger partial charge is 0.327 e. The Hall–Kier alpha value is -2.74. The lowest BCUT2D eigenvalue weighted by Gasteiger charge is -2.22. The molecule has 1 saturated heterocycles. The van der Waals surface area contributed by atoms with Crippen molar-refractivity contribution in [2.45, 2.75) is 51.5 Å². The lowest BCUT2D eigenvalue weighted by Crippen LogP contribution is -2.42. The van der Waals surface area contributed by atoms with Crippen LogP contribution in [0.15, 0.2) is 18.2 Å². The summed E-state index contributed by atoms with van der Waals surface area (Å²) >= 11 is 1.71. The first kappa shape index (κ1) is 21.5. The number of aryl methyl sites for hydroxylation is 2. The zero-order valence-corrected chi connectivity index (χ0v) is 18.8. The van der Waals surface area contributed by atoms with E-state index in [1.807, 2.05) is 12.1 Å². The highest BCUT2D eigenvalue weighted by Gasteiger charge is 2.50. The lowest BCUT2D eigenvalue weighted by molar-refractivity contribution is -0.143. The number of carbonyl (C=O) groups excluding carboxylic acids is 3. The Labute approximate surface area is 184 Å². The topological polar surface area (TPSA) is 95.0 Å². The molecule has 1 aliphatic carbocycles. The van der Waals surface area contributed by atoms with E-state index in [4.69, 9.17) is 0 Å². The van der Waals surface area contributed by atoms with Gasteiger partial charge in [0.15, 0.2) is 5.78 Å². The van der Waals surface area contributed by atoms with E-state index in [0.717, 1.165) is 22.4 Å². The van der Waals surface area contributed by atoms with Crippen molar-refractivity contribution in [3.05, 3.63) is 34.2 Å². The normalized spacial score (nSPS) is 19.1.